The smallest absolute Gasteiger partial charge is 0.261 e. The lowest BCUT2D eigenvalue weighted by molar-refractivity contribution is -0.139. The maximum absolute atomic E-state index is 13.4. The minimum atomic E-state index is -1.23. The zero-order valence-electron chi connectivity index (χ0n) is 12.3. The molecule has 0 unspecified atom stereocenters. The first-order valence-electron chi connectivity index (χ1n) is 6.67. The number of rotatable bonds is 4. The number of carbonyl (C=O) groups excluding carboxylic acids is 2. The Balaban J connectivity index is 2.03. The topological polar surface area (TPSA) is 90.5 Å². The Bertz CT molecular complexity index is 572. The van der Waals surface area contributed by atoms with Gasteiger partial charge in [-0.25, -0.2) is 4.39 Å². The molecule has 2 atom stereocenters. The van der Waals surface area contributed by atoms with Crippen molar-refractivity contribution in [2.75, 3.05) is 13.2 Å². The summed E-state index contributed by atoms with van der Waals surface area (Å²) in [4.78, 5) is 24.5. The van der Waals surface area contributed by atoms with E-state index < -0.39 is 24.0 Å². The van der Waals surface area contributed by atoms with E-state index >= 15 is 0 Å². The number of aromatic nitrogens is 2. The molecular weight excluding hydrogens is 279 g/mol. The van der Waals surface area contributed by atoms with Gasteiger partial charge in [0, 0.05) is 13.5 Å². The Morgan fingerprint density at radius 1 is 1.48 bits per heavy atom. The summed E-state index contributed by atoms with van der Waals surface area (Å²) in [7, 11) is 1.77. The van der Waals surface area contributed by atoms with Gasteiger partial charge in [-0.3, -0.25) is 14.3 Å². The Kier molecular flexibility index (Phi) is 4.15. The molecule has 0 radical (unpaired) electrons. The van der Waals surface area contributed by atoms with Crippen molar-refractivity contribution in [3.63, 3.8) is 0 Å². The van der Waals surface area contributed by atoms with E-state index in [9.17, 15) is 14.0 Å². The number of nitrogens with zero attached hydrogens (tertiary/aromatic N) is 3. The number of nitrogens with two attached hydrogens (primary N) is 1. The molecule has 1 saturated heterocycles. The van der Waals surface area contributed by atoms with Crippen molar-refractivity contribution >= 4 is 11.8 Å². The van der Waals surface area contributed by atoms with Gasteiger partial charge in [0.1, 0.15) is 17.9 Å². The number of hydrogen-bond acceptors (Lipinski definition) is 4. The average molecular weight is 298 g/mol. The van der Waals surface area contributed by atoms with Crippen LogP contribution in [0.15, 0.2) is 0 Å². The predicted octanol–water partition coefficient (Wildman–Crippen LogP) is -0.160. The summed E-state index contributed by atoms with van der Waals surface area (Å²) in [6, 6.07) is -0.896. The summed E-state index contributed by atoms with van der Waals surface area (Å²) in [5, 5.41) is 4.17. The normalized spacial score (nSPS) is 21.6. The molecule has 116 valence electrons. The molecule has 1 aliphatic heterocycles. The van der Waals surface area contributed by atoms with E-state index in [0.717, 1.165) is 10.6 Å². The summed E-state index contributed by atoms with van der Waals surface area (Å²) < 4.78 is 20.5. The zero-order chi connectivity index (χ0) is 15.7. The van der Waals surface area contributed by atoms with Gasteiger partial charge in [-0.2, -0.15) is 5.10 Å². The van der Waals surface area contributed by atoms with Crippen LogP contribution in [0, 0.1) is 13.8 Å². The number of hydrogen-bond donors (Lipinski definition) is 1. The molecule has 1 aliphatic rings. The molecule has 2 amide bonds. The third kappa shape index (κ3) is 2.98. The maximum atomic E-state index is 13.4. The Morgan fingerprint density at radius 3 is 2.67 bits per heavy atom. The Morgan fingerprint density at radius 2 is 2.14 bits per heavy atom. The van der Waals surface area contributed by atoms with Gasteiger partial charge < -0.3 is 15.4 Å². The lowest BCUT2D eigenvalue weighted by atomic mass is 10.2. The quantitative estimate of drug-likeness (QED) is 0.836. The maximum Gasteiger partial charge on any atom is 0.261 e. The standard InChI is InChI=1S/C13H19FN4O3/c1-7-12(8(2)17(3)16-7)21-6-11(19)18-5-9(14)4-10(18)13(15)20/h9-10H,4-6H2,1-3H3,(H2,15,20)/t9-,10+/m1/s1. The number of likely N-dealkylation sites (tertiary alicyclic amines) is 1. The van der Waals surface area contributed by atoms with Gasteiger partial charge in [0.05, 0.1) is 12.2 Å². The van der Waals surface area contributed by atoms with Crippen molar-refractivity contribution in [1.29, 1.82) is 0 Å². The first-order chi connectivity index (χ1) is 9.81. The average Bonchev–Trinajstić information content (AvgIpc) is 2.90. The molecule has 1 fully saturated rings. The third-order valence-corrected chi connectivity index (χ3v) is 3.68. The van der Waals surface area contributed by atoms with Gasteiger partial charge in [-0.15, -0.1) is 0 Å². The van der Waals surface area contributed by atoms with Crippen LogP contribution in [-0.2, 0) is 16.6 Å². The number of ether oxygens (including phenoxy) is 1. The monoisotopic (exact) mass is 298 g/mol. The highest BCUT2D eigenvalue weighted by atomic mass is 19.1. The molecule has 0 aliphatic carbocycles. The number of alkyl halides is 1. The zero-order valence-corrected chi connectivity index (χ0v) is 12.3. The van der Waals surface area contributed by atoms with Crippen molar-refractivity contribution in [2.24, 2.45) is 12.8 Å². The highest BCUT2D eigenvalue weighted by Gasteiger charge is 2.38. The van der Waals surface area contributed by atoms with Gasteiger partial charge in [-0.05, 0) is 13.8 Å². The van der Waals surface area contributed by atoms with Crippen molar-refractivity contribution in [2.45, 2.75) is 32.5 Å². The summed E-state index contributed by atoms with van der Waals surface area (Å²) in [6.07, 6.45) is -1.28. The molecule has 1 aromatic heterocycles. The van der Waals surface area contributed by atoms with E-state index in [-0.39, 0.29) is 19.6 Å². The van der Waals surface area contributed by atoms with E-state index in [2.05, 4.69) is 5.10 Å². The summed E-state index contributed by atoms with van der Waals surface area (Å²) in [6.45, 7) is 3.19. The van der Waals surface area contributed by atoms with E-state index in [1.807, 2.05) is 6.92 Å². The van der Waals surface area contributed by atoms with Crippen LogP contribution in [0.4, 0.5) is 4.39 Å². The lowest BCUT2D eigenvalue weighted by Crippen LogP contribution is -2.45. The first-order valence-corrected chi connectivity index (χ1v) is 6.67. The molecule has 1 aromatic rings. The largest absolute Gasteiger partial charge is 0.480 e. The highest BCUT2D eigenvalue weighted by Crippen LogP contribution is 2.23. The molecule has 0 aromatic carbocycles. The third-order valence-electron chi connectivity index (χ3n) is 3.68. The fourth-order valence-corrected chi connectivity index (χ4v) is 2.51. The second-order valence-electron chi connectivity index (χ2n) is 5.21. The number of carbonyl (C=O) groups is 2. The molecule has 8 heteroatoms. The summed E-state index contributed by atoms with van der Waals surface area (Å²) in [5.41, 5.74) is 6.65. The molecule has 0 spiro atoms. The van der Waals surface area contributed by atoms with Crippen LogP contribution in [-0.4, -0.2) is 51.9 Å². The molecule has 0 bridgehead atoms. The van der Waals surface area contributed by atoms with Gasteiger partial charge in [0.2, 0.25) is 5.91 Å². The molecule has 2 heterocycles. The van der Waals surface area contributed by atoms with Crippen LogP contribution in [0.25, 0.3) is 0 Å². The second-order valence-corrected chi connectivity index (χ2v) is 5.21. The van der Waals surface area contributed by atoms with E-state index in [1.54, 1.807) is 18.7 Å². The van der Waals surface area contributed by atoms with Crippen LogP contribution in [0.1, 0.15) is 17.8 Å². The fraction of sp³-hybridized carbons (Fsp3) is 0.615. The van der Waals surface area contributed by atoms with Gasteiger partial charge in [0.15, 0.2) is 12.4 Å². The summed E-state index contributed by atoms with van der Waals surface area (Å²) in [5.74, 6) is -0.628. The van der Waals surface area contributed by atoms with Crippen molar-refractivity contribution in [3.8, 4) is 5.75 Å². The van der Waals surface area contributed by atoms with E-state index in [1.165, 1.54) is 0 Å². The fourth-order valence-electron chi connectivity index (χ4n) is 2.51. The number of primary amides is 1. The first kappa shape index (κ1) is 15.3. The van der Waals surface area contributed by atoms with E-state index in [0.29, 0.717) is 11.4 Å². The predicted molar refractivity (Wildman–Crippen MR) is 72.4 cm³/mol. The van der Waals surface area contributed by atoms with Gasteiger partial charge in [-0.1, -0.05) is 0 Å². The minimum absolute atomic E-state index is 0.0496. The van der Waals surface area contributed by atoms with Gasteiger partial charge in [0.25, 0.3) is 5.91 Å². The second kappa shape index (κ2) is 5.71. The molecule has 0 saturated carbocycles. The lowest BCUT2D eigenvalue weighted by Gasteiger charge is -2.21. The van der Waals surface area contributed by atoms with Crippen LogP contribution < -0.4 is 10.5 Å². The molecule has 2 rings (SSSR count). The minimum Gasteiger partial charge on any atom is -0.480 e. The molecular formula is C13H19FN4O3. The van der Waals surface area contributed by atoms with Gasteiger partial charge >= 0.3 is 0 Å². The van der Waals surface area contributed by atoms with Crippen molar-refractivity contribution < 1.29 is 18.7 Å². The van der Waals surface area contributed by atoms with Crippen LogP contribution in [0.2, 0.25) is 0 Å². The van der Waals surface area contributed by atoms with Crippen LogP contribution >= 0.6 is 0 Å². The highest BCUT2D eigenvalue weighted by molar-refractivity contribution is 5.88. The number of halogens is 1. The SMILES string of the molecule is Cc1nn(C)c(C)c1OCC(=O)N1C[C@H](F)C[C@H]1C(N)=O. The Labute approximate surface area is 121 Å². The van der Waals surface area contributed by atoms with Crippen molar-refractivity contribution in [1.82, 2.24) is 14.7 Å². The van der Waals surface area contributed by atoms with Crippen LogP contribution in [0.3, 0.4) is 0 Å². The number of amides is 2. The van der Waals surface area contributed by atoms with Crippen LogP contribution in [0.5, 0.6) is 5.75 Å². The molecule has 21 heavy (non-hydrogen) atoms. The van der Waals surface area contributed by atoms with E-state index in [4.69, 9.17) is 10.5 Å². The summed E-state index contributed by atoms with van der Waals surface area (Å²) >= 11 is 0. The Hall–Kier alpha value is -2.12. The molecule has 2 N–H and O–H groups in total. The molecule has 7 nitrogen and oxygen atoms in total. The number of aryl methyl sites for hydroxylation is 2. The van der Waals surface area contributed by atoms with Crippen molar-refractivity contribution in [3.05, 3.63) is 11.4 Å².